The fourth-order valence-electron chi connectivity index (χ4n) is 6.14. The highest BCUT2D eigenvalue weighted by molar-refractivity contribution is 5.80. The molecule has 2 aromatic heterocycles. The molecule has 3 aliphatic heterocycles. The summed E-state index contributed by atoms with van der Waals surface area (Å²) in [6, 6.07) is 6.27. The van der Waals surface area contributed by atoms with E-state index in [1.54, 1.807) is 23.2 Å². The van der Waals surface area contributed by atoms with Gasteiger partial charge in [0.15, 0.2) is 5.82 Å². The zero-order chi connectivity index (χ0) is 26.8. The summed E-state index contributed by atoms with van der Waals surface area (Å²) in [4.78, 5) is 40.2. The average molecular weight is 529 g/mol. The maximum Gasteiger partial charge on any atom is 0.335 e. The smallest absolute Gasteiger partial charge is 0.335 e. The van der Waals surface area contributed by atoms with Crippen molar-refractivity contribution in [1.82, 2.24) is 39.8 Å². The van der Waals surface area contributed by atoms with Crippen LogP contribution in [-0.2, 0) is 11.2 Å². The maximum absolute atomic E-state index is 13.8. The lowest BCUT2D eigenvalue weighted by molar-refractivity contribution is -0.138. The number of nitrogens with one attached hydrogen (secondary N) is 2. The van der Waals surface area contributed by atoms with Gasteiger partial charge in [0.2, 0.25) is 5.91 Å². The SMILES string of the molecule is CCc1ccc2c(c1)n(-c1cnccn1)c(=O)n2C1CCN(C(=O)C2CCN(CC3=CNNC=C3)CC2)CC1. The zero-order valence-corrected chi connectivity index (χ0v) is 22.4. The molecule has 10 nitrogen and oxygen atoms in total. The summed E-state index contributed by atoms with van der Waals surface area (Å²) in [5, 5.41) is 0. The van der Waals surface area contributed by atoms with Crippen molar-refractivity contribution in [2.75, 3.05) is 32.7 Å². The summed E-state index contributed by atoms with van der Waals surface area (Å²) < 4.78 is 3.60. The Bertz CT molecular complexity index is 1440. The van der Waals surface area contributed by atoms with Crippen LogP contribution in [0.1, 0.15) is 44.2 Å². The van der Waals surface area contributed by atoms with Gasteiger partial charge in [-0.25, -0.2) is 14.3 Å². The Morgan fingerprint density at radius 2 is 1.85 bits per heavy atom. The van der Waals surface area contributed by atoms with E-state index in [1.807, 2.05) is 21.9 Å². The number of carbonyl (C=O) groups is 1. The number of aromatic nitrogens is 4. The molecule has 3 aliphatic rings. The highest BCUT2D eigenvalue weighted by atomic mass is 16.2. The molecule has 6 rings (SSSR count). The topological polar surface area (TPSA) is 100 Å². The van der Waals surface area contributed by atoms with Gasteiger partial charge in [-0.2, -0.15) is 0 Å². The van der Waals surface area contributed by atoms with Crippen molar-refractivity contribution >= 4 is 16.9 Å². The van der Waals surface area contributed by atoms with E-state index in [0.29, 0.717) is 18.9 Å². The van der Waals surface area contributed by atoms with Crippen LogP contribution in [0.15, 0.2) is 65.6 Å². The molecule has 2 saturated heterocycles. The number of hydrogen-bond donors (Lipinski definition) is 2. The van der Waals surface area contributed by atoms with Gasteiger partial charge in [0, 0.05) is 56.4 Å². The highest BCUT2D eigenvalue weighted by Gasteiger charge is 2.32. The average Bonchev–Trinajstić information content (AvgIpc) is 3.29. The van der Waals surface area contributed by atoms with Crippen LogP contribution in [0.3, 0.4) is 0 Å². The Kier molecular flexibility index (Phi) is 7.19. The Morgan fingerprint density at radius 1 is 1.03 bits per heavy atom. The lowest BCUT2D eigenvalue weighted by Crippen LogP contribution is -2.46. The number of imidazole rings is 1. The number of hydrazine groups is 1. The van der Waals surface area contributed by atoms with Crippen molar-refractivity contribution in [3.63, 3.8) is 0 Å². The van der Waals surface area contributed by atoms with E-state index < -0.39 is 0 Å². The molecule has 2 fully saturated rings. The lowest BCUT2D eigenvalue weighted by Gasteiger charge is -2.37. The molecule has 1 aromatic carbocycles. The van der Waals surface area contributed by atoms with Crippen molar-refractivity contribution in [2.24, 2.45) is 5.92 Å². The molecule has 1 amide bonds. The molecule has 0 unspecified atom stereocenters. The predicted molar refractivity (Wildman–Crippen MR) is 150 cm³/mol. The van der Waals surface area contributed by atoms with Crippen LogP contribution < -0.4 is 16.5 Å². The summed E-state index contributed by atoms with van der Waals surface area (Å²) in [5.41, 5.74) is 10.1. The van der Waals surface area contributed by atoms with Crippen molar-refractivity contribution < 1.29 is 4.79 Å². The molecule has 0 radical (unpaired) electrons. The lowest BCUT2D eigenvalue weighted by atomic mass is 9.93. The van der Waals surface area contributed by atoms with Crippen LogP contribution in [-0.4, -0.2) is 67.5 Å². The van der Waals surface area contributed by atoms with Gasteiger partial charge in [0.05, 0.1) is 17.2 Å². The predicted octanol–water partition coefficient (Wildman–Crippen LogP) is 2.53. The van der Waals surface area contributed by atoms with E-state index in [2.05, 4.69) is 56.9 Å². The normalized spacial score (nSPS) is 19.1. The molecule has 3 aromatic rings. The molecule has 5 heterocycles. The summed E-state index contributed by atoms with van der Waals surface area (Å²) in [6.07, 6.45) is 15.0. The Balaban J connectivity index is 1.13. The molecule has 0 aliphatic carbocycles. The van der Waals surface area contributed by atoms with Gasteiger partial charge >= 0.3 is 5.69 Å². The van der Waals surface area contributed by atoms with E-state index >= 15 is 0 Å². The molecule has 39 heavy (non-hydrogen) atoms. The van der Waals surface area contributed by atoms with Crippen molar-refractivity contribution in [3.05, 3.63) is 76.9 Å². The van der Waals surface area contributed by atoms with E-state index in [0.717, 1.165) is 62.8 Å². The Hall–Kier alpha value is -3.92. The van der Waals surface area contributed by atoms with E-state index in [1.165, 1.54) is 11.1 Å². The number of fused-ring (bicyclic) bond motifs is 1. The second-order valence-electron chi connectivity index (χ2n) is 10.7. The number of hydrogen-bond acceptors (Lipinski definition) is 7. The Labute approximate surface area is 228 Å². The largest absolute Gasteiger partial charge is 0.342 e. The van der Waals surface area contributed by atoms with Gasteiger partial charge in [-0.15, -0.1) is 0 Å². The minimum absolute atomic E-state index is 0.0382. The molecule has 0 bridgehead atoms. The first-order valence-electron chi connectivity index (χ1n) is 14.0. The number of aryl methyl sites for hydroxylation is 1. The number of piperidine rings is 2. The van der Waals surface area contributed by atoms with Crippen LogP contribution in [0.5, 0.6) is 0 Å². The third-order valence-electron chi connectivity index (χ3n) is 8.33. The number of rotatable bonds is 6. The first kappa shape index (κ1) is 25.4. The van der Waals surface area contributed by atoms with Gasteiger partial charge in [0.25, 0.3) is 0 Å². The van der Waals surface area contributed by atoms with Crippen molar-refractivity contribution in [3.8, 4) is 5.82 Å². The summed E-state index contributed by atoms with van der Waals surface area (Å²) >= 11 is 0. The first-order valence-corrected chi connectivity index (χ1v) is 14.0. The summed E-state index contributed by atoms with van der Waals surface area (Å²) in [5.74, 6) is 0.891. The fraction of sp³-hybridized carbons (Fsp3) is 0.448. The van der Waals surface area contributed by atoms with Crippen molar-refractivity contribution in [2.45, 2.75) is 45.1 Å². The van der Waals surface area contributed by atoms with Gasteiger partial charge in [-0.3, -0.25) is 19.2 Å². The third-order valence-corrected chi connectivity index (χ3v) is 8.33. The third kappa shape index (κ3) is 5.08. The van der Waals surface area contributed by atoms with E-state index in [9.17, 15) is 9.59 Å². The molecule has 204 valence electrons. The maximum atomic E-state index is 13.8. The molecule has 2 N–H and O–H groups in total. The van der Waals surface area contributed by atoms with Crippen LogP contribution in [0, 0.1) is 5.92 Å². The van der Waals surface area contributed by atoms with Crippen molar-refractivity contribution in [1.29, 1.82) is 0 Å². The Morgan fingerprint density at radius 3 is 2.54 bits per heavy atom. The van der Waals surface area contributed by atoms with Gasteiger partial charge in [-0.1, -0.05) is 13.0 Å². The van der Waals surface area contributed by atoms with Gasteiger partial charge in [-0.05, 0) is 74.5 Å². The molecular weight excluding hydrogens is 492 g/mol. The van der Waals surface area contributed by atoms with E-state index in [4.69, 9.17) is 0 Å². The second-order valence-corrected chi connectivity index (χ2v) is 10.7. The number of amides is 1. The molecule has 0 spiro atoms. The monoisotopic (exact) mass is 528 g/mol. The number of carbonyl (C=O) groups excluding carboxylic acids is 1. The quantitative estimate of drug-likeness (QED) is 0.507. The highest BCUT2D eigenvalue weighted by Crippen LogP contribution is 2.29. The van der Waals surface area contributed by atoms with Gasteiger partial charge < -0.3 is 15.8 Å². The fourth-order valence-corrected chi connectivity index (χ4v) is 6.14. The van der Waals surface area contributed by atoms with Crippen LogP contribution >= 0.6 is 0 Å². The second kappa shape index (κ2) is 11.1. The number of likely N-dealkylation sites (tertiary alicyclic amines) is 2. The minimum Gasteiger partial charge on any atom is -0.342 e. The molecular formula is C29H36N8O2. The summed E-state index contributed by atoms with van der Waals surface area (Å²) in [7, 11) is 0. The van der Waals surface area contributed by atoms with E-state index in [-0.39, 0.29) is 23.6 Å². The van der Waals surface area contributed by atoms with Gasteiger partial charge in [0.1, 0.15) is 0 Å². The zero-order valence-electron chi connectivity index (χ0n) is 22.4. The van der Waals surface area contributed by atoms with Crippen LogP contribution in [0.2, 0.25) is 0 Å². The molecule has 0 saturated carbocycles. The number of nitrogens with zero attached hydrogens (tertiary/aromatic N) is 6. The van der Waals surface area contributed by atoms with Crippen LogP contribution in [0.25, 0.3) is 16.9 Å². The first-order chi connectivity index (χ1) is 19.1. The number of benzene rings is 1. The summed E-state index contributed by atoms with van der Waals surface area (Å²) in [6.45, 7) is 6.23. The molecule has 10 heteroatoms. The van der Waals surface area contributed by atoms with Crippen LogP contribution in [0.4, 0.5) is 0 Å². The minimum atomic E-state index is -0.0928. The molecule has 0 atom stereocenters. The standard InChI is InChI=1S/C29H36N8O2/c1-2-21-3-4-25-26(17-21)37(27-19-30-11-12-31-27)29(39)36(25)24-8-15-35(16-9-24)28(38)23-6-13-34(14-7-23)20-22-5-10-32-33-18-22/h3-5,10-12,17-19,23-24,32-33H,2,6-9,13-16,20H2,1H3.